The summed E-state index contributed by atoms with van der Waals surface area (Å²) in [4.78, 5) is 47.1. The fraction of sp³-hybridized carbons (Fsp3) is 0.571. The number of piperazine rings is 1. The van der Waals surface area contributed by atoms with E-state index in [1.807, 2.05) is 6.92 Å². The molecule has 1 atom stereocenters. The average Bonchev–Trinajstić information content (AvgIpc) is 2.47. The maximum atomic E-state index is 11.9. The van der Waals surface area contributed by atoms with E-state index < -0.39 is 29.8 Å². The molecule has 122 valence electrons. The molecular weight excluding hydrogens is 292 g/mol. The van der Waals surface area contributed by atoms with Crippen LogP contribution in [0.5, 0.6) is 0 Å². The Morgan fingerprint density at radius 2 is 2.14 bits per heavy atom. The lowest BCUT2D eigenvalue weighted by atomic mass is 10.1. The van der Waals surface area contributed by atoms with E-state index in [0.717, 1.165) is 18.9 Å². The number of amides is 2. The maximum absolute atomic E-state index is 11.9. The molecule has 1 heterocycles. The summed E-state index contributed by atoms with van der Waals surface area (Å²) in [7, 11) is 0. The number of hydrogen-bond acceptors (Lipinski definition) is 5. The number of unbranched alkanes of at least 4 members (excludes halogenated alkanes) is 1. The van der Waals surface area contributed by atoms with E-state index in [-0.39, 0.29) is 26.1 Å². The van der Waals surface area contributed by atoms with Crippen molar-refractivity contribution in [3.63, 3.8) is 0 Å². The predicted octanol–water partition coefficient (Wildman–Crippen LogP) is -0.312. The highest BCUT2D eigenvalue weighted by atomic mass is 16.5. The lowest BCUT2D eigenvalue weighted by Gasteiger charge is -2.33. The number of ether oxygens (including phenoxy) is 1. The van der Waals surface area contributed by atoms with Crippen molar-refractivity contribution in [3.8, 4) is 0 Å². The summed E-state index contributed by atoms with van der Waals surface area (Å²) >= 11 is 0. The van der Waals surface area contributed by atoms with Crippen LogP contribution < -0.4 is 5.32 Å². The first kappa shape index (κ1) is 17.7. The molecule has 0 aromatic carbocycles. The molecule has 1 fully saturated rings. The molecule has 1 rings (SSSR count). The summed E-state index contributed by atoms with van der Waals surface area (Å²) in [6.07, 6.45) is 2.93. The first-order chi connectivity index (χ1) is 10.5. The standard InChI is InChI=1S/C14H20N2O6/c1-2-3-8-22-13(20)9-10-14(21)15-6-7-16(10)11(17)4-5-12(18)19/h4-5,10H,2-3,6-9H2,1H3,(H,15,21)(H,18,19). The highest BCUT2D eigenvalue weighted by Crippen LogP contribution is 2.11. The molecule has 8 heteroatoms. The third-order valence-corrected chi connectivity index (χ3v) is 3.10. The Bertz CT molecular complexity index is 474. The molecule has 0 bridgehead atoms. The Morgan fingerprint density at radius 1 is 1.41 bits per heavy atom. The molecule has 0 radical (unpaired) electrons. The Morgan fingerprint density at radius 3 is 2.77 bits per heavy atom. The minimum Gasteiger partial charge on any atom is -0.478 e. The Labute approximate surface area is 128 Å². The van der Waals surface area contributed by atoms with Crippen LogP contribution in [0, 0.1) is 0 Å². The SMILES string of the molecule is CCCCOC(=O)CC1C(=O)NCCN1C(=O)C=CC(=O)O. The molecular formula is C14H20N2O6. The van der Waals surface area contributed by atoms with Crippen molar-refractivity contribution in [1.82, 2.24) is 10.2 Å². The number of aliphatic carboxylic acids is 1. The van der Waals surface area contributed by atoms with Gasteiger partial charge in [-0.05, 0) is 6.42 Å². The number of nitrogens with one attached hydrogen (secondary N) is 1. The van der Waals surface area contributed by atoms with Crippen LogP contribution in [0.3, 0.4) is 0 Å². The van der Waals surface area contributed by atoms with Crippen molar-refractivity contribution in [2.24, 2.45) is 0 Å². The van der Waals surface area contributed by atoms with E-state index in [1.165, 1.54) is 4.90 Å². The van der Waals surface area contributed by atoms with Crippen molar-refractivity contribution in [3.05, 3.63) is 12.2 Å². The number of hydrogen-bond donors (Lipinski definition) is 2. The molecule has 0 aromatic heterocycles. The zero-order chi connectivity index (χ0) is 16.5. The zero-order valence-electron chi connectivity index (χ0n) is 12.4. The second kappa shape index (κ2) is 8.81. The van der Waals surface area contributed by atoms with Crippen molar-refractivity contribution >= 4 is 23.8 Å². The summed E-state index contributed by atoms with van der Waals surface area (Å²) in [6.45, 7) is 2.70. The normalized spacial score (nSPS) is 18.1. The molecule has 0 spiro atoms. The third kappa shape index (κ3) is 5.55. The highest BCUT2D eigenvalue weighted by molar-refractivity contribution is 5.98. The minimum atomic E-state index is -1.26. The Balaban J connectivity index is 2.68. The fourth-order valence-corrected chi connectivity index (χ4v) is 1.97. The molecule has 0 aromatic rings. The van der Waals surface area contributed by atoms with Gasteiger partial charge in [0.15, 0.2) is 0 Å². The zero-order valence-corrected chi connectivity index (χ0v) is 12.4. The third-order valence-electron chi connectivity index (χ3n) is 3.10. The molecule has 1 unspecified atom stereocenters. The summed E-state index contributed by atoms with van der Waals surface area (Å²) in [5.74, 6) is -2.89. The fourth-order valence-electron chi connectivity index (χ4n) is 1.97. The second-order valence-corrected chi connectivity index (χ2v) is 4.79. The van der Waals surface area contributed by atoms with Gasteiger partial charge < -0.3 is 20.1 Å². The highest BCUT2D eigenvalue weighted by Gasteiger charge is 2.34. The number of carboxylic acids is 1. The smallest absolute Gasteiger partial charge is 0.328 e. The first-order valence-electron chi connectivity index (χ1n) is 7.10. The molecule has 8 nitrogen and oxygen atoms in total. The number of carbonyl (C=O) groups excluding carboxylic acids is 3. The lowest BCUT2D eigenvalue weighted by molar-refractivity contribution is -0.150. The van der Waals surface area contributed by atoms with Crippen LogP contribution in [0.25, 0.3) is 0 Å². The summed E-state index contributed by atoms with van der Waals surface area (Å²) in [5, 5.41) is 11.1. The van der Waals surface area contributed by atoms with Crippen LogP contribution in [-0.2, 0) is 23.9 Å². The van der Waals surface area contributed by atoms with Crippen molar-refractivity contribution in [1.29, 1.82) is 0 Å². The van der Waals surface area contributed by atoms with Crippen LogP contribution in [0.2, 0.25) is 0 Å². The molecule has 1 aliphatic heterocycles. The summed E-state index contributed by atoms with van der Waals surface area (Å²) in [5.41, 5.74) is 0. The second-order valence-electron chi connectivity index (χ2n) is 4.79. The van der Waals surface area contributed by atoms with Gasteiger partial charge in [-0.2, -0.15) is 0 Å². The maximum Gasteiger partial charge on any atom is 0.328 e. The van der Waals surface area contributed by atoms with Crippen molar-refractivity contribution < 1.29 is 29.0 Å². The number of carbonyl (C=O) groups is 4. The average molecular weight is 312 g/mol. The first-order valence-corrected chi connectivity index (χ1v) is 7.10. The number of nitrogens with zero attached hydrogens (tertiary/aromatic N) is 1. The van der Waals surface area contributed by atoms with Crippen molar-refractivity contribution in [2.75, 3.05) is 19.7 Å². The Kier molecular flexibility index (Phi) is 7.07. The van der Waals surface area contributed by atoms with Gasteiger partial charge >= 0.3 is 11.9 Å². The van der Waals surface area contributed by atoms with Gasteiger partial charge in [-0.25, -0.2) is 4.79 Å². The molecule has 22 heavy (non-hydrogen) atoms. The van der Waals surface area contributed by atoms with Gasteiger partial charge in [-0.1, -0.05) is 13.3 Å². The van der Waals surface area contributed by atoms with Gasteiger partial charge in [0, 0.05) is 25.2 Å². The molecule has 0 aliphatic carbocycles. The summed E-state index contributed by atoms with van der Waals surface area (Å²) in [6, 6.07) is -0.978. The van der Waals surface area contributed by atoms with E-state index in [9.17, 15) is 19.2 Å². The molecule has 0 saturated carbocycles. The van der Waals surface area contributed by atoms with Gasteiger partial charge in [0.2, 0.25) is 11.8 Å². The Hall–Kier alpha value is -2.38. The number of carboxylic acid groups (broad SMARTS) is 1. The number of rotatable bonds is 7. The van der Waals surface area contributed by atoms with Gasteiger partial charge in [0.05, 0.1) is 13.0 Å². The van der Waals surface area contributed by atoms with Gasteiger partial charge in [0.1, 0.15) is 6.04 Å². The van der Waals surface area contributed by atoms with E-state index in [1.54, 1.807) is 0 Å². The lowest BCUT2D eigenvalue weighted by Crippen LogP contribution is -2.57. The van der Waals surface area contributed by atoms with E-state index in [2.05, 4.69) is 5.32 Å². The van der Waals surface area contributed by atoms with E-state index >= 15 is 0 Å². The topological polar surface area (TPSA) is 113 Å². The number of esters is 1. The van der Waals surface area contributed by atoms with Crippen LogP contribution >= 0.6 is 0 Å². The van der Waals surface area contributed by atoms with Crippen molar-refractivity contribution in [2.45, 2.75) is 32.2 Å². The predicted molar refractivity (Wildman–Crippen MR) is 75.8 cm³/mol. The van der Waals surface area contributed by atoms with Crippen LogP contribution in [0.15, 0.2) is 12.2 Å². The largest absolute Gasteiger partial charge is 0.478 e. The van der Waals surface area contributed by atoms with E-state index in [0.29, 0.717) is 6.08 Å². The monoisotopic (exact) mass is 312 g/mol. The quantitative estimate of drug-likeness (QED) is 0.379. The van der Waals surface area contributed by atoms with Gasteiger partial charge in [-0.15, -0.1) is 0 Å². The molecule has 1 aliphatic rings. The van der Waals surface area contributed by atoms with Crippen LogP contribution in [0.4, 0.5) is 0 Å². The van der Waals surface area contributed by atoms with Crippen LogP contribution in [-0.4, -0.2) is 59.5 Å². The van der Waals surface area contributed by atoms with Crippen LogP contribution in [0.1, 0.15) is 26.2 Å². The van der Waals surface area contributed by atoms with Gasteiger partial charge in [-0.3, -0.25) is 14.4 Å². The molecule has 2 N–H and O–H groups in total. The van der Waals surface area contributed by atoms with Gasteiger partial charge in [0.25, 0.3) is 0 Å². The minimum absolute atomic E-state index is 0.210. The van der Waals surface area contributed by atoms with E-state index in [4.69, 9.17) is 9.84 Å². The molecule has 2 amide bonds. The molecule has 1 saturated heterocycles. The summed E-state index contributed by atoms with van der Waals surface area (Å²) < 4.78 is 4.99.